The molecule has 0 heterocycles. The summed E-state index contributed by atoms with van der Waals surface area (Å²) in [6.07, 6.45) is 3.58. The molecule has 0 aromatic heterocycles. The summed E-state index contributed by atoms with van der Waals surface area (Å²) in [7, 11) is 0. The van der Waals surface area contributed by atoms with E-state index in [0.717, 1.165) is 24.7 Å². The monoisotopic (exact) mass is 137 g/mol. The van der Waals surface area contributed by atoms with Crippen LogP contribution in [-0.2, 0) is 0 Å². The van der Waals surface area contributed by atoms with E-state index in [4.69, 9.17) is 6.57 Å². The van der Waals surface area contributed by atoms with Crippen molar-refractivity contribution in [2.24, 2.45) is 11.8 Å². The third kappa shape index (κ3) is 1.50. The van der Waals surface area contributed by atoms with Crippen LogP contribution in [0.2, 0.25) is 0 Å². The summed E-state index contributed by atoms with van der Waals surface area (Å²) in [4.78, 5) is 3.57. The average Bonchev–Trinajstić information content (AvgIpc) is 2.34. The minimum Gasteiger partial charge on any atom is -0.314 e. The number of hydrogen-bond acceptors (Lipinski definition) is 0. The van der Waals surface area contributed by atoms with Crippen LogP contribution in [0, 0.1) is 18.4 Å². The van der Waals surface area contributed by atoms with Gasteiger partial charge in [-0.25, -0.2) is 6.57 Å². The second-order valence-corrected chi connectivity index (χ2v) is 3.60. The fraction of sp³-hybridized carbons (Fsp3) is 0.889. The van der Waals surface area contributed by atoms with E-state index in [1.165, 1.54) is 6.42 Å². The molecule has 0 saturated heterocycles. The van der Waals surface area contributed by atoms with Crippen molar-refractivity contribution in [2.75, 3.05) is 0 Å². The molecular weight excluding hydrogens is 122 g/mol. The van der Waals surface area contributed by atoms with Gasteiger partial charge in [0.1, 0.15) is 0 Å². The second kappa shape index (κ2) is 3.05. The molecule has 10 heavy (non-hydrogen) atoms. The number of hydrogen-bond donors (Lipinski definition) is 0. The summed E-state index contributed by atoms with van der Waals surface area (Å²) in [6.45, 7) is 11.4. The van der Waals surface area contributed by atoms with Crippen molar-refractivity contribution < 1.29 is 0 Å². The minimum absolute atomic E-state index is 0.354. The molecule has 1 aliphatic rings. The molecular formula is C9H15N. The van der Waals surface area contributed by atoms with Gasteiger partial charge in [0.05, 0.1) is 0 Å². The van der Waals surface area contributed by atoms with E-state index < -0.39 is 0 Å². The molecule has 0 spiro atoms. The highest BCUT2D eigenvalue weighted by atomic mass is 14.7. The van der Waals surface area contributed by atoms with Gasteiger partial charge in [-0.15, -0.1) is 0 Å². The Labute approximate surface area is 63.3 Å². The molecule has 56 valence electrons. The molecule has 0 radical (unpaired) electrons. The van der Waals surface area contributed by atoms with E-state index in [-0.39, 0.29) is 0 Å². The van der Waals surface area contributed by atoms with Crippen molar-refractivity contribution in [3.8, 4) is 0 Å². The lowest BCUT2D eigenvalue weighted by molar-refractivity contribution is 0.395. The average molecular weight is 137 g/mol. The van der Waals surface area contributed by atoms with Crippen molar-refractivity contribution in [2.45, 2.75) is 39.2 Å². The third-order valence-corrected chi connectivity index (χ3v) is 2.57. The van der Waals surface area contributed by atoms with Crippen LogP contribution in [0.25, 0.3) is 4.85 Å². The van der Waals surface area contributed by atoms with Gasteiger partial charge in [-0.2, -0.15) is 0 Å². The lowest BCUT2D eigenvalue weighted by Crippen LogP contribution is -2.04. The Hall–Kier alpha value is -0.510. The maximum absolute atomic E-state index is 6.86. The molecule has 1 nitrogen and oxygen atoms in total. The first-order chi connectivity index (χ1) is 4.74. The molecule has 1 rings (SSSR count). The Morgan fingerprint density at radius 2 is 2.10 bits per heavy atom. The van der Waals surface area contributed by atoms with Crippen LogP contribution in [0.3, 0.4) is 0 Å². The van der Waals surface area contributed by atoms with Crippen LogP contribution in [-0.4, -0.2) is 6.04 Å². The third-order valence-electron chi connectivity index (χ3n) is 2.57. The summed E-state index contributed by atoms with van der Waals surface area (Å²) in [5.74, 6) is 1.62. The van der Waals surface area contributed by atoms with Gasteiger partial charge in [0.15, 0.2) is 0 Å². The van der Waals surface area contributed by atoms with Crippen molar-refractivity contribution >= 4 is 0 Å². The van der Waals surface area contributed by atoms with Crippen molar-refractivity contribution in [1.29, 1.82) is 0 Å². The fourth-order valence-electron chi connectivity index (χ4n) is 1.71. The summed E-state index contributed by atoms with van der Waals surface area (Å²) in [6, 6.07) is 0.354. The number of rotatable bonds is 1. The van der Waals surface area contributed by atoms with Gasteiger partial charge in [0.25, 0.3) is 0 Å². The van der Waals surface area contributed by atoms with Crippen LogP contribution >= 0.6 is 0 Å². The van der Waals surface area contributed by atoms with Crippen molar-refractivity contribution in [3.05, 3.63) is 11.4 Å². The minimum atomic E-state index is 0.354. The SMILES string of the molecule is [C-]#[N+]C1CCC(C(C)C)C1. The lowest BCUT2D eigenvalue weighted by Gasteiger charge is -2.10. The second-order valence-electron chi connectivity index (χ2n) is 3.60. The van der Waals surface area contributed by atoms with Gasteiger partial charge < -0.3 is 4.85 Å². The van der Waals surface area contributed by atoms with Crippen molar-refractivity contribution in [3.63, 3.8) is 0 Å². The number of nitrogens with zero attached hydrogens (tertiary/aromatic N) is 1. The zero-order valence-corrected chi connectivity index (χ0v) is 6.80. The molecule has 0 bridgehead atoms. The standard InChI is InChI=1S/C9H15N/c1-7(2)8-4-5-9(6-8)10-3/h7-9H,4-6H2,1-2H3. The van der Waals surface area contributed by atoms with Crippen LogP contribution in [0.1, 0.15) is 33.1 Å². The molecule has 0 N–H and O–H groups in total. The smallest absolute Gasteiger partial charge is 0.224 e. The van der Waals surface area contributed by atoms with Crippen LogP contribution < -0.4 is 0 Å². The first-order valence-electron chi connectivity index (χ1n) is 4.10. The van der Waals surface area contributed by atoms with E-state index in [1.807, 2.05) is 0 Å². The van der Waals surface area contributed by atoms with Gasteiger partial charge >= 0.3 is 0 Å². The normalized spacial score (nSPS) is 32.6. The van der Waals surface area contributed by atoms with Gasteiger partial charge in [0.2, 0.25) is 6.04 Å². The Balaban J connectivity index is 2.37. The molecule has 0 amide bonds. The first kappa shape index (κ1) is 7.60. The largest absolute Gasteiger partial charge is 0.314 e. The Kier molecular flexibility index (Phi) is 2.32. The summed E-state index contributed by atoms with van der Waals surface area (Å²) >= 11 is 0. The Morgan fingerprint density at radius 3 is 2.40 bits per heavy atom. The van der Waals surface area contributed by atoms with Crippen LogP contribution in [0.4, 0.5) is 0 Å². The predicted octanol–water partition coefficient (Wildman–Crippen LogP) is 2.73. The van der Waals surface area contributed by atoms with Crippen LogP contribution in [0.5, 0.6) is 0 Å². The zero-order chi connectivity index (χ0) is 7.56. The van der Waals surface area contributed by atoms with E-state index in [9.17, 15) is 0 Å². The molecule has 1 fully saturated rings. The van der Waals surface area contributed by atoms with E-state index in [0.29, 0.717) is 6.04 Å². The van der Waals surface area contributed by atoms with E-state index in [1.54, 1.807) is 0 Å². The molecule has 0 aromatic rings. The fourth-order valence-corrected chi connectivity index (χ4v) is 1.71. The lowest BCUT2D eigenvalue weighted by atomic mass is 9.94. The molecule has 2 atom stereocenters. The van der Waals surface area contributed by atoms with Gasteiger partial charge in [-0.3, -0.25) is 0 Å². The molecule has 0 aliphatic heterocycles. The Bertz CT molecular complexity index is 143. The summed E-state index contributed by atoms with van der Waals surface area (Å²) in [5.41, 5.74) is 0. The predicted molar refractivity (Wildman–Crippen MR) is 42.6 cm³/mol. The summed E-state index contributed by atoms with van der Waals surface area (Å²) in [5, 5.41) is 0. The highest BCUT2D eigenvalue weighted by Gasteiger charge is 2.29. The Morgan fingerprint density at radius 1 is 1.40 bits per heavy atom. The molecule has 0 aromatic carbocycles. The zero-order valence-electron chi connectivity index (χ0n) is 6.80. The van der Waals surface area contributed by atoms with Crippen molar-refractivity contribution in [1.82, 2.24) is 0 Å². The molecule has 1 saturated carbocycles. The van der Waals surface area contributed by atoms with E-state index in [2.05, 4.69) is 18.7 Å². The molecule has 1 aliphatic carbocycles. The van der Waals surface area contributed by atoms with Gasteiger partial charge in [-0.1, -0.05) is 13.8 Å². The molecule has 2 unspecified atom stereocenters. The van der Waals surface area contributed by atoms with Gasteiger partial charge in [-0.05, 0) is 18.3 Å². The van der Waals surface area contributed by atoms with Gasteiger partial charge in [0, 0.05) is 12.8 Å². The summed E-state index contributed by atoms with van der Waals surface area (Å²) < 4.78 is 0. The topological polar surface area (TPSA) is 4.36 Å². The highest BCUT2D eigenvalue weighted by molar-refractivity contribution is 4.88. The quantitative estimate of drug-likeness (QED) is 0.489. The highest BCUT2D eigenvalue weighted by Crippen LogP contribution is 2.32. The molecule has 1 heteroatoms. The van der Waals surface area contributed by atoms with E-state index >= 15 is 0 Å². The van der Waals surface area contributed by atoms with Crippen LogP contribution in [0.15, 0.2) is 0 Å². The maximum atomic E-state index is 6.86. The maximum Gasteiger partial charge on any atom is 0.224 e. The first-order valence-corrected chi connectivity index (χ1v) is 4.10.